The fourth-order valence-corrected chi connectivity index (χ4v) is 4.26. The Kier molecular flexibility index (Phi) is 6.30. The number of carbonyl (C=O) groups excluding carboxylic acids is 1. The number of hydrogen-bond donors (Lipinski definition) is 1. The number of nitrogens with zero attached hydrogens (tertiary/aromatic N) is 3. The number of methoxy groups -OCH3 is 1. The van der Waals surface area contributed by atoms with Gasteiger partial charge in [-0.3, -0.25) is 4.79 Å². The Morgan fingerprint density at radius 2 is 2.06 bits per heavy atom. The molecule has 0 radical (unpaired) electrons. The summed E-state index contributed by atoms with van der Waals surface area (Å²) in [6, 6.07) is 8.50. The fourth-order valence-electron chi connectivity index (χ4n) is 3.50. The highest BCUT2D eigenvalue weighted by molar-refractivity contribution is 6.76. The van der Waals surface area contributed by atoms with E-state index in [2.05, 4.69) is 34.9 Å². The summed E-state index contributed by atoms with van der Waals surface area (Å²) in [6.45, 7) is 7.95. The molecule has 3 heterocycles. The first kappa shape index (κ1) is 22.4. The van der Waals surface area contributed by atoms with E-state index in [1.807, 2.05) is 29.0 Å². The van der Waals surface area contributed by atoms with E-state index in [1.165, 1.54) is 0 Å². The van der Waals surface area contributed by atoms with Gasteiger partial charge < -0.3 is 19.4 Å². The van der Waals surface area contributed by atoms with Gasteiger partial charge in [-0.25, -0.2) is 14.4 Å². The molecule has 4 rings (SSSR count). The Balaban J connectivity index is 1.66. The fraction of sp³-hybridized carbons (Fsp3) is 0.435. The molecule has 0 unspecified atom stereocenters. The quantitative estimate of drug-likeness (QED) is 0.372. The van der Waals surface area contributed by atoms with Crippen LogP contribution in [0, 0.1) is 5.92 Å². The number of hydrogen-bond acceptors (Lipinski definition) is 5. The third-order valence-electron chi connectivity index (χ3n) is 5.50. The number of aromatic nitrogens is 3. The maximum absolute atomic E-state index is 13.2. The van der Waals surface area contributed by atoms with E-state index in [-0.39, 0.29) is 12.3 Å². The van der Waals surface area contributed by atoms with Crippen molar-refractivity contribution in [2.24, 2.45) is 5.92 Å². The highest BCUT2D eigenvalue weighted by Gasteiger charge is 2.43. The number of pyridine rings is 2. The van der Waals surface area contributed by atoms with Gasteiger partial charge in [-0.15, -0.1) is 0 Å². The third kappa shape index (κ3) is 4.99. The van der Waals surface area contributed by atoms with Crippen molar-refractivity contribution in [3.8, 4) is 17.0 Å². The number of amides is 1. The molecule has 0 aromatic carbocycles. The number of ether oxygens (including phenoxy) is 2. The van der Waals surface area contributed by atoms with E-state index in [1.54, 1.807) is 19.4 Å². The molecule has 0 spiro atoms. The van der Waals surface area contributed by atoms with E-state index in [0.717, 1.165) is 22.6 Å². The highest BCUT2D eigenvalue weighted by atomic mass is 28.3. The summed E-state index contributed by atoms with van der Waals surface area (Å²) in [5, 5.41) is 3.62. The van der Waals surface area contributed by atoms with Crippen LogP contribution in [0.3, 0.4) is 0 Å². The van der Waals surface area contributed by atoms with E-state index in [4.69, 9.17) is 9.47 Å². The Hall–Kier alpha value is -2.78. The monoisotopic (exact) mass is 456 g/mol. The van der Waals surface area contributed by atoms with Crippen LogP contribution < -0.4 is 10.1 Å². The predicted octanol–water partition coefficient (Wildman–Crippen LogP) is 4.72. The van der Waals surface area contributed by atoms with Gasteiger partial charge >= 0.3 is 0 Å². The van der Waals surface area contributed by atoms with Gasteiger partial charge in [0.15, 0.2) is 0 Å². The summed E-state index contributed by atoms with van der Waals surface area (Å²) in [5.41, 5.74) is 2.43. The SMILES string of the molecule is COc1ncccc1-c1cn(COCC[Si](C)(C)C)c2nc(NC(=O)[C@H]3C[C@H]3F)ccc12. The van der Waals surface area contributed by atoms with Crippen molar-refractivity contribution in [1.82, 2.24) is 14.5 Å². The molecule has 0 bridgehead atoms. The number of carbonyl (C=O) groups is 1. The largest absolute Gasteiger partial charge is 0.481 e. The van der Waals surface area contributed by atoms with Gasteiger partial charge in [-0.1, -0.05) is 19.6 Å². The summed E-state index contributed by atoms with van der Waals surface area (Å²) < 4.78 is 26.6. The predicted molar refractivity (Wildman–Crippen MR) is 125 cm³/mol. The maximum Gasteiger partial charge on any atom is 0.231 e. The van der Waals surface area contributed by atoms with Gasteiger partial charge in [0.25, 0.3) is 0 Å². The number of alkyl halides is 1. The topological polar surface area (TPSA) is 78.3 Å². The number of fused-ring (bicyclic) bond motifs is 1. The minimum Gasteiger partial charge on any atom is -0.481 e. The Labute approximate surface area is 188 Å². The lowest BCUT2D eigenvalue weighted by atomic mass is 10.1. The Bertz CT molecular complexity index is 1130. The molecule has 1 amide bonds. The van der Waals surface area contributed by atoms with Crippen molar-refractivity contribution in [3.63, 3.8) is 0 Å². The number of rotatable bonds is 9. The lowest BCUT2D eigenvalue weighted by molar-refractivity contribution is -0.117. The van der Waals surface area contributed by atoms with Crippen LogP contribution >= 0.6 is 0 Å². The summed E-state index contributed by atoms with van der Waals surface area (Å²) in [6.07, 6.45) is 2.88. The molecular weight excluding hydrogens is 427 g/mol. The summed E-state index contributed by atoms with van der Waals surface area (Å²) in [4.78, 5) is 21.1. The molecule has 1 N–H and O–H groups in total. The van der Waals surface area contributed by atoms with Crippen molar-refractivity contribution in [3.05, 3.63) is 36.7 Å². The molecule has 2 atom stereocenters. The van der Waals surface area contributed by atoms with Crippen LogP contribution in [0.1, 0.15) is 6.42 Å². The van der Waals surface area contributed by atoms with Gasteiger partial charge in [0.05, 0.1) is 13.0 Å². The van der Waals surface area contributed by atoms with Crippen molar-refractivity contribution in [2.75, 3.05) is 19.0 Å². The zero-order valence-corrected chi connectivity index (χ0v) is 19.9. The zero-order valence-electron chi connectivity index (χ0n) is 18.9. The van der Waals surface area contributed by atoms with Crippen molar-refractivity contribution in [2.45, 2.75) is 45.0 Å². The van der Waals surface area contributed by atoms with Gasteiger partial charge in [-0.2, -0.15) is 0 Å². The molecule has 9 heteroatoms. The lowest BCUT2D eigenvalue weighted by Gasteiger charge is -2.15. The minimum atomic E-state index is -1.20. The molecule has 1 aliphatic rings. The van der Waals surface area contributed by atoms with Crippen LogP contribution in [-0.2, 0) is 16.3 Å². The molecule has 0 saturated heterocycles. The molecular formula is C23H29FN4O3Si. The van der Waals surface area contributed by atoms with E-state index in [0.29, 0.717) is 30.7 Å². The van der Waals surface area contributed by atoms with Crippen LogP contribution in [0.4, 0.5) is 10.2 Å². The third-order valence-corrected chi connectivity index (χ3v) is 7.21. The summed E-state index contributed by atoms with van der Waals surface area (Å²) in [5.74, 6) is 0.0152. The second-order valence-electron chi connectivity index (χ2n) is 9.34. The van der Waals surface area contributed by atoms with Gasteiger partial charge in [-0.05, 0) is 36.7 Å². The second-order valence-corrected chi connectivity index (χ2v) is 15.0. The molecule has 32 heavy (non-hydrogen) atoms. The standard InChI is InChI=1S/C23H29FN4O3Si/c1-30-23-16(6-5-9-25-23)18-13-28(14-31-10-11-32(2,3)4)21-15(18)7-8-20(26-21)27-22(29)17-12-19(17)24/h5-9,13,17,19H,10-12,14H2,1-4H3,(H,26,27,29)/t17-,19+/m0/s1. The molecule has 1 saturated carbocycles. The first-order chi connectivity index (χ1) is 15.3. The van der Waals surface area contributed by atoms with Crippen LogP contribution in [-0.4, -0.2) is 48.4 Å². The van der Waals surface area contributed by atoms with Crippen molar-refractivity contribution < 1.29 is 18.7 Å². The number of nitrogens with one attached hydrogen (secondary N) is 1. The number of halogens is 1. The minimum absolute atomic E-state index is 0.278. The lowest BCUT2D eigenvalue weighted by Crippen LogP contribution is -2.22. The van der Waals surface area contributed by atoms with Gasteiger partial charge in [0, 0.05) is 43.6 Å². The summed E-state index contributed by atoms with van der Waals surface area (Å²) >= 11 is 0. The van der Waals surface area contributed by atoms with Crippen molar-refractivity contribution >= 4 is 30.8 Å². The molecule has 1 fully saturated rings. The zero-order chi connectivity index (χ0) is 22.9. The first-order valence-electron chi connectivity index (χ1n) is 10.8. The van der Waals surface area contributed by atoms with Gasteiger partial charge in [0.2, 0.25) is 11.8 Å². The van der Waals surface area contributed by atoms with E-state index < -0.39 is 20.2 Å². The van der Waals surface area contributed by atoms with Crippen LogP contribution in [0.25, 0.3) is 22.2 Å². The number of anilines is 1. The second kappa shape index (κ2) is 8.99. The molecule has 3 aromatic rings. The smallest absolute Gasteiger partial charge is 0.231 e. The molecule has 3 aromatic heterocycles. The molecule has 0 aliphatic heterocycles. The van der Waals surface area contributed by atoms with Crippen LogP contribution in [0.2, 0.25) is 25.7 Å². The summed E-state index contributed by atoms with van der Waals surface area (Å²) in [7, 11) is 0.390. The van der Waals surface area contributed by atoms with E-state index >= 15 is 0 Å². The first-order valence-corrected chi connectivity index (χ1v) is 14.5. The highest BCUT2D eigenvalue weighted by Crippen LogP contribution is 2.36. The molecule has 7 nitrogen and oxygen atoms in total. The molecule has 170 valence electrons. The van der Waals surface area contributed by atoms with Crippen LogP contribution in [0.5, 0.6) is 5.88 Å². The normalized spacial score (nSPS) is 18.0. The Morgan fingerprint density at radius 1 is 1.28 bits per heavy atom. The Morgan fingerprint density at radius 3 is 2.75 bits per heavy atom. The average molecular weight is 457 g/mol. The molecule has 1 aliphatic carbocycles. The van der Waals surface area contributed by atoms with Crippen LogP contribution in [0.15, 0.2) is 36.7 Å². The average Bonchev–Trinajstić information content (AvgIpc) is 3.39. The van der Waals surface area contributed by atoms with E-state index in [9.17, 15) is 9.18 Å². The van der Waals surface area contributed by atoms with Crippen molar-refractivity contribution in [1.29, 1.82) is 0 Å². The van der Waals surface area contributed by atoms with Gasteiger partial charge in [0.1, 0.15) is 24.4 Å². The maximum atomic E-state index is 13.2.